The molecule has 0 amide bonds. The van der Waals surface area contributed by atoms with Crippen LogP contribution in [0.4, 0.5) is 0 Å². The summed E-state index contributed by atoms with van der Waals surface area (Å²) in [7, 11) is 0. The highest BCUT2D eigenvalue weighted by atomic mass is 16.7. The van der Waals surface area contributed by atoms with E-state index in [0.29, 0.717) is 19.6 Å². The van der Waals surface area contributed by atoms with Gasteiger partial charge in [-0.2, -0.15) is 0 Å². The smallest absolute Gasteiger partial charge is 0.154 e. The molecule has 0 saturated heterocycles. The molecule has 0 fully saturated rings. The van der Waals surface area contributed by atoms with Gasteiger partial charge in [0.2, 0.25) is 0 Å². The Hall–Kier alpha value is -0.940. The molecule has 0 saturated carbocycles. The lowest BCUT2D eigenvalue weighted by molar-refractivity contribution is -0.151. The molecule has 164 valence electrons. The summed E-state index contributed by atoms with van der Waals surface area (Å²) in [4.78, 5) is 0. The van der Waals surface area contributed by atoms with Crippen LogP contribution in [0.2, 0.25) is 0 Å². The molecule has 0 heterocycles. The Balaban J connectivity index is 0.00000129. The fraction of sp³-hybridized carbons (Fsp3) is 0.750. The standard InChI is InChI=1S/C19H32O4.C5H12/c1-5-21-16(2)22-15-18(20)14-19(3,4)23-13-9-12-17-10-7-6-8-11-17;1-4-5(2)3/h6-8,10-11,16,18,20H,5,9,12-15H2,1-4H3;5H,4H2,1-3H3. The molecule has 0 aliphatic carbocycles. The first-order chi connectivity index (χ1) is 13.2. The molecule has 1 N–H and O–H groups in total. The molecule has 4 nitrogen and oxygen atoms in total. The van der Waals surface area contributed by atoms with E-state index in [-0.39, 0.29) is 18.5 Å². The Morgan fingerprint density at radius 2 is 1.61 bits per heavy atom. The fourth-order valence-electron chi connectivity index (χ4n) is 2.48. The van der Waals surface area contributed by atoms with E-state index < -0.39 is 6.10 Å². The summed E-state index contributed by atoms with van der Waals surface area (Å²) in [6, 6.07) is 10.4. The van der Waals surface area contributed by atoms with E-state index in [1.807, 2.05) is 33.8 Å². The number of hydrogen-bond acceptors (Lipinski definition) is 4. The topological polar surface area (TPSA) is 47.9 Å². The van der Waals surface area contributed by atoms with Crippen LogP contribution in [0.1, 0.15) is 73.3 Å². The van der Waals surface area contributed by atoms with Gasteiger partial charge in [-0.05, 0) is 52.0 Å². The van der Waals surface area contributed by atoms with Crippen LogP contribution in [-0.2, 0) is 20.6 Å². The zero-order chi connectivity index (χ0) is 21.4. The van der Waals surface area contributed by atoms with Crippen molar-refractivity contribution in [3.63, 3.8) is 0 Å². The van der Waals surface area contributed by atoms with Gasteiger partial charge in [-0.25, -0.2) is 0 Å². The van der Waals surface area contributed by atoms with Crippen molar-refractivity contribution in [1.29, 1.82) is 0 Å². The molecule has 0 aliphatic rings. The van der Waals surface area contributed by atoms with E-state index in [2.05, 4.69) is 45.0 Å². The largest absolute Gasteiger partial charge is 0.391 e. The average Bonchev–Trinajstić information content (AvgIpc) is 2.65. The first-order valence-corrected chi connectivity index (χ1v) is 10.8. The molecule has 0 aliphatic heterocycles. The van der Waals surface area contributed by atoms with Crippen LogP contribution in [0, 0.1) is 5.92 Å². The predicted octanol–water partition coefficient (Wildman–Crippen LogP) is 5.62. The lowest BCUT2D eigenvalue weighted by Gasteiger charge is -2.28. The van der Waals surface area contributed by atoms with E-state index in [9.17, 15) is 5.11 Å². The maximum absolute atomic E-state index is 10.1. The van der Waals surface area contributed by atoms with Gasteiger partial charge in [0, 0.05) is 19.6 Å². The van der Waals surface area contributed by atoms with Crippen molar-refractivity contribution in [3.8, 4) is 0 Å². The average molecular weight is 397 g/mol. The maximum atomic E-state index is 10.1. The number of benzene rings is 1. The van der Waals surface area contributed by atoms with Crippen molar-refractivity contribution in [2.24, 2.45) is 5.92 Å². The minimum absolute atomic E-state index is 0.262. The molecule has 2 unspecified atom stereocenters. The minimum atomic E-state index is -0.554. The highest BCUT2D eigenvalue weighted by Gasteiger charge is 2.23. The van der Waals surface area contributed by atoms with Crippen molar-refractivity contribution in [1.82, 2.24) is 0 Å². The van der Waals surface area contributed by atoms with Gasteiger partial charge in [0.15, 0.2) is 6.29 Å². The molecule has 1 rings (SSSR count). The Morgan fingerprint density at radius 3 is 2.14 bits per heavy atom. The second-order valence-electron chi connectivity index (χ2n) is 8.21. The van der Waals surface area contributed by atoms with E-state index in [4.69, 9.17) is 14.2 Å². The molecule has 28 heavy (non-hydrogen) atoms. The quantitative estimate of drug-likeness (QED) is 0.347. The summed E-state index contributed by atoms with van der Waals surface area (Å²) in [5, 5.41) is 10.1. The summed E-state index contributed by atoms with van der Waals surface area (Å²) in [5.74, 6) is 0.884. The van der Waals surface area contributed by atoms with Crippen LogP contribution >= 0.6 is 0 Å². The van der Waals surface area contributed by atoms with Crippen molar-refractivity contribution in [3.05, 3.63) is 35.9 Å². The third-order valence-corrected chi connectivity index (χ3v) is 4.41. The summed E-state index contributed by atoms with van der Waals surface area (Å²) < 4.78 is 16.7. The maximum Gasteiger partial charge on any atom is 0.154 e. The Morgan fingerprint density at radius 1 is 1.00 bits per heavy atom. The van der Waals surface area contributed by atoms with Crippen LogP contribution in [0.3, 0.4) is 0 Å². The molecule has 1 aromatic carbocycles. The summed E-state index contributed by atoms with van der Waals surface area (Å²) in [6.07, 6.45) is 2.99. The summed E-state index contributed by atoms with van der Waals surface area (Å²) >= 11 is 0. The molecule has 1 aromatic rings. The van der Waals surface area contributed by atoms with Crippen LogP contribution < -0.4 is 0 Å². The second-order valence-corrected chi connectivity index (χ2v) is 8.21. The van der Waals surface area contributed by atoms with Crippen molar-refractivity contribution >= 4 is 0 Å². The Bertz CT molecular complexity index is 459. The molecule has 4 heteroatoms. The first-order valence-electron chi connectivity index (χ1n) is 10.8. The van der Waals surface area contributed by atoms with Crippen molar-refractivity contribution in [2.45, 2.75) is 92.1 Å². The van der Waals surface area contributed by atoms with E-state index in [1.54, 1.807) is 0 Å². The summed E-state index contributed by atoms with van der Waals surface area (Å²) in [6.45, 7) is 16.0. The highest BCUT2D eigenvalue weighted by molar-refractivity contribution is 5.14. The van der Waals surface area contributed by atoms with Crippen molar-refractivity contribution < 1.29 is 19.3 Å². The van der Waals surface area contributed by atoms with E-state index in [0.717, 1.165) is 18.8 Å². The van der Waals surface area contributed by atoms with Gasteiger partial charge in [-0.15, -0.1) is 0 Å². The van der Waals surface area contributed by atoms with Gasteiger partial charge < -0.3 is 19.3 Å². The van der Waals surface area contributed by atoms with Gasteiger partial charge in [0.25, 0.3) is 0 Å². The molecular weight excluding hydrogens is 352 g/mol. The Kier molecular flexibility index (Phi) is 15.4. The molecule has 0 bridgehead atoms. The zero-order valence-electron chi connectivity index (χ0n) is 19.2. The van der Waals surface area contributed by atoms with Crippen LogP contribution in [0.25, 0.3) is 0 Å². The minimum Gasteiger partial charge on any atom is -0.391 e. The monoisotopic (exact) mass is 396 g/mol. The SMILES string of the molecule is CCC(C)C.CCOC(C)OCC(O)CC(C)(C)OCCCc1ccccc1. The van der Waals surface area contributed by atoms with Crippen LogP contribution in [0.15, 0.2) is 30.3 Å². The normalized spacial score (nSPS) is 13.8. The first kappa shape index (κ1) is 27.1. The van der Waals surface area contributed by atoms with Gasteiger partial charge in [-0.3, -0.25) is 0 Å². The summed E-state index contributed by atoms with van der Waals surface area (Å²) in [5.41, 5.74) is 0.959. The third kappa shape index (κ3) is 16.1. The predicted molar refractivity (Wildman–Crippen MR) is 118 cm³/mol. The van der Waals surface area contributed by atoms with Crippen LogP contribution in [-0.4, -0.2) is 42.9 Å². The van der Waals surface area contributed by atoms with Gasteiger partial charge in [-0.1, -0.05) is 57.5 Å². The number of aryl methyl sites for hydroxylation is 1. The molecule has 0 radical (unpaired) electrons. The Labute approximate surface area is 173 Å². The van der Waals surface area contributed by atoms with Crippen LogP contribution in [0.5, 0.6) is 0 Å². The molecular formula is C24H44O4. The lowest BCUT2D eigenvalue weighted by atomic mass is 10.0. The molecule has 0 spiro atoms. The van der Waals surface area contributed by atoms with Gasteiger partial charge in [0.05, 0.1) is 18.3 Å². The van der Waals surface area contributed by atoms with Gasteiger partial charge >= 0.3 is 0 Å². The number of hydrogen-bond donors (Lipinski definition) is 1. The number of ether oxygens (including phenoxy) is 3. The van der Waals surface area contributed by atoms with Gasteiger partial charge in [0.1, 0.15) is 0 Å². The molecule has 2 atom stereocenters. The van der Waals surface area contributed by atoms with E-state index in [1.165, 1.54) is 12.0 Å². The fourth-order valence-corrected chi connectivity index (χ4v) is 2.48. The van der Waals surface area contributed by atoms with E-state index >= 15 is 0 Å². The lowest BCUT2D eigenvalue weighted by Crippen LogP contribution is -2.33. The number of aliphatic hydroxyl groups is 1. The second kappa shape index (κ2) is 15.9. The number of rotatable bonds is 13. The zero-order valence-corrected chi connectivity index (χ0v) is 19.2. The third-order valence-electron chi connectivity index (χ3n) is 4.41. The van der Waals surface area contributed by atoms with Crippen molar-refractivity contribution in [2.75, 3.05) is 19.8 Å². The number of aliphatic hydroxyl groups excluding tert-OH is 1. The highest BCUT2D eigenvalue weighted by Crippen LogP contribution is 2.18. The molecule has 0 aromatic heterocycles.